The highest BCUT2D eigenvalue weighted by Crippen LogP contribution is 2.15. The van der Waals surface area contributed by atoms with Crippen molar-refractivity contribution in [1.29, 1.82) is 0 Å². The number of carboxylic acid groups (broad SMARTS) is 1. The van der Waals surface area contributed by atoms with Crippen LogP contribution in [0.25, 0.3) is 0 Å². The maximum atomic E-state index is 12.1. The van der Waals surface area contributed by atoms with E-state index in [1.807, 2.05) is 0 Å². The van der Waals surface area contributed by atoms with Gasteiger partial charge < -0.3 is 15.2 Å². The van der Waals surface area contributed by atoms with E-state index in [0.29, 0.717) is 0 Å². The van der Waals surface area contributed by atoms with Crippen molar-refractivity contribution in [3.63, 3.8) is 0 Å². The lowest BCUT2D eigenvalue weighted by molar-refractivity contribution is -0.176. The predicted octanol–water partition coefficient (Wildman–Crippen LogP) is 0.850. The highest BCUT2D eigenvalue weighted by molar-refractivity contribution is 5.87. The molecule has 0 aromatic heterocycles. The average Bonchev–Trinajstić information content (AvgIpc) is 2.20. The van der Waals surface area contributed by atoms with Crippen LogP contribution in [0.3, 0.4) is 0 Å². The molecule has 0 saturated heterocycles. The molecule has 0 aliphatic rings. The van der Waals surface area contributed by atoms with Crippen molar-refractivity contribution in [3.8, 4) is 0 Å². The van der Waals surface area contributed by atoms with E-state index in [1.54, 1.807) is 0 Å². The van der Waals surface area contributed by atoms with Gasteiger partial charge in [-0.25, -0.2) is 4.79 Å². The number of carbonyl (C=O) groups excluding carboxylic acids is 2. The Kier molecular flexibility index (Phi) is 6.30. The molecule has 6 nitrogen and oxygen atoms in total. The van der Waals surface area contributed by atoms with Crippen LogP contribution in [0, 0.1) is 0 Å². The standard InChI is InChI=1S/C10H14F3NO5/c1-5(2)19-8(17)6(3-4-7(15)16)14-9(18)10(11,12)13/h5-6H,3-4H2,1-2H3,(H,14,18)(H,15,16). The Hall–Kier alpha value is -1.80. The van der Waals surface area contributed by atoms with E-state index in [4.69, 9.17) is 5.11 Å². The second-order valence-corrected chi connectivity index (χ2v) is 3.94. The first kappa shape index (κ1) is 17.2. The zero-order chi connectivity index (χ0) is 15.2. The SMILES string of the molecule is CC(C)OC(=O)C(CCC(=O)O)NC(=O)C(F)(F)F. The van der Waals surface area contributed by atoms with Gasteiger partial charge in [-0.2, -0.15) is 13.2 Å². The Labute approximate surface area is 106 Å². The van der Waals surface area contributed by atoms with Crippen molar-refractivity contribution in [2.45, 2.75) is 45.0 Å². The molecular formula is C10H14F3NO5. The molecule has 110 valence electrons. The lowest BCUT2D eigenvalue weighted by Gasteiger charge is -2.19. The molecule has 0 saturated carbocycles. The van der Waals surface area contributed by atoms with Crippen molar-refractivity contribution in [2.24, 2.45) is 0 Å². The molecule has 0 heterocycles. The zero-order valence-corrected chi connectivity index (χ0v) is 10.3. The normalized spacial score (nSPS) is 12.9. The molecule has 0 fully saturated rings. The number of ether oxygens (including phenoxy) is 1. The molecule has 2 N–H and O–H groups in total. The van der Waals surface area contributed by atoms with E-state index in [1.165, 1.54) is 19.2 Å². The highest BCUT2D eigenvalue weighted by Gasteiger charge is 2.41. The quantitative estimate of drug-likeness (QED) is 0.706. The van der Waals surface area contributed by atoms with Gasteiger partial charge in [0.05, 0.1) is 6.10 Å². The molecule has 1 atom stereocenters. The van der Waals surface area contributed by atoms with Crippen molar-refractivity contribution >= 4 is 17.8 Å². The molecule has 9 heteroatoms. The molecule has 0 aliphatic heterocycles. The largest absolute Gasteiger partial charge is 0.481 e. The Bertz CT molecular complexity index is 354. The Morgan fingerprint density at radius 3 is 2.16 bits per heavy atom. The van der Waals surface area contributed by atoms with Gasteiger partial charge in [0.2, 0.25) is 0 Å². The number of alkyl halides is 3. The second-order valence-electron chi connectivity index (χ2n) is 3.94. The summed E-state index contributed by atoms with van der Waals surface area (Å²) in [5.41, 5.74) is 0. The Morgan fingerprint density at radius 2 is 1.79 bits per heavy atom. The molecule has 19 heavy (non-hydrogen) atoms. The van der Waals surface area contributed by atoms with E-state index in [2.05, 4.69) is 4.74 Å². The van der Waals surface area contributed by atoms with Crippen LogP contribution in [0.5, 0.6) is 0 Å². The fraction of sp³-hybridized carbons (Fsp3) is 0.700. The fourth-order valence-electron chi connectivity index (χ4n) is 1.07. The summed E-state index contributed by atoms with van der Waals surface area (Å²) in [7, 11) is 0. The summed E-state index contributed by atoms with van der Waals surface area (Å²) in [5, 5.41) is 9.85. The van der Waals surface area contributed by atoms with Crippen LogP contribution in [0.15, 0.2) is 0 Å². The zero-order valence-electron chi connectivity index (χ0n) is 10.3. The van der Waals surface area contributed by atoms with Gasteiger partial charge in [-0.3, -0.25) is 9.59 Å². The minimum atomic E-state index is -5.15. The lowest BCUT2D eigenvalue weighted by atomic mass is 10.1. The van der Waals surface area contributed by atoms with Gasteiger partial charge >= 0.3 is 24.0 Å². The van der Waals surface area contributed by atoms with Gasteiger partial charge in [0.25, 0.3) is 0 Å². The Morgan fingerprint density at radius 1 is 1.26 bits per heavy atom. The number of carboxylic acids is 1. The van der Waals surface area contributed by atoms with Crippen LogP contribution < -0.4 is 5.32 Å². The number of esters is 1. The summed E-state index contributed by atoms with van der Waals surface area (Å²) >= 11 is 0. The molecular weight excluding hydrogens is 271 g/mol. The maximum absolute atomic E-state index is 12.1. The van der Waals surface area contributed by atoms with Gasteiger partial charge in [-0.15, -0.1) is 0 Å². The van der Waals surface area contributed by atoms with Gasteiger partial charge in [-0.05, 0) is 20.3 Å². The number of hydrogen-bond acceptors (Lipinski definition) is 4. The Balaban J connectivity index is 4.71. The molecule has 0 radical (unpaired) electrons. The summed E-state index contributed by atoms with van der Waals surface area (Å²) < 4.78 is 40.8. The summed E-state index contributed by atoms with van der Waals surface area (Å²) in [4.78, 5) is 32.5. The minimum absolute atomic E-state index is 0.483. The monoisotopic (exact) mass is 285 g/mol. The van der Waals surface area contributed by atoms with E-state index in [-0.39, 0.29) is 0 Å². The molecule has 0 aliphatic carbocycles. The van der Waals surface area contributed by atoms with Crippen molar-refractivity contribution in [2.75, 3.05) is 0 Å². The van der Waals surface area contributed by atoms with Gasteiger partial charge in [0.1, 0.15) is 6.04 Å². The van der Waals surface area contributed by atoms with Crippen LogP contribution >= 0.6 is 0 Å². The minimum Gasteiger partial charge on any atom is -0.481 e. The van der Waals surface area contributed by atoms with Crippen molar-refractivity contribution in [1.82, 2.24) is 5.32 Å². The van der Waals surface area contributed by atoms with Crippen molar-refractivity contribution in [3.05, 3.63) is 0 Å². The molecule has 0 aromatic carbocycles. The number of hydrogen-bond donors (Lipinski definition) is 2. The summed E-state index contributed by atoms with van der Waals surface area (Å²) in [5.74, 6) is -4.72. The van der Waals surface area contributed by atoms with E-state index >= 15 is 0 Å². The first-order valence-corrected chi connectivity index (χ1v) is 5.34. The molecule has 1 unspecified atom stereocenters. The van der Waals surface area contributed by atoms with Crippen molar-refractivity contribution < 1.29 is 37.4 Å². The van der Waals surface area contributed by atoms with E-state index in [9.17, 15) is 27.6 Å². The van der Waals surface area contributed by atoms with Crippen LogP contribution in [0.1, 0.15) is 26.7 Å². The smallest absolute Gasteiger partial charge is 0.471 e. The average molecular weight is 285 g/mol. The third kappa shape index (κ3) is 7.27. The number of amides is 1. The lowest BCUT2D eigenvalue weighted by Crippen LogP contribution is -2.48. The number of carbonyl (C=O) groups is 3. The summed E-state index contributed by atoms with van der Waals surface area (Å²) in [6, 6.07) is -1.65. The molecule has 0 bridgehead atoms. The molecule has 0 aromatic rings. The molecule has 0 spiro atoms. The van der Waals surface area contributed by atoms with Gasteiger partial charge in [-0.1, -0.05) is 0 Å². The third-order valence-corrected chi connectivity index (χ3v) is 1.85. The summed E-state index contributed by atoms with van der Waals surface area (Å²) in [6.07, 6.45) is -6.80. The molecule has 1 amide bonds. The van der Waals surface area contributed by atoms with Crippen LogP contribution in [-0.2, 0) is 19.1 Å². The van der Waals surface area contributed by atoms with E-state index in [0.717, 1.165) is 0 Å². The molecule has 0 rings (SSSR count). The maximum Gasteiger partial charge on any atom is 0.471 e. The second kappa shape index (κ2) is 6.95. The number of halogens is 3. The highest BCUT2D eigenvalue weighted by atomic mass is 19.4. The summed E-state index contributed by atoms with van der Waals surface area (Å²) in [6.45, 7) is 2.94. The third-order valence-electron chi connectivity index (χ3n) is 1.85. The first-order chi connectivity index (χ1) is 8.54. The fourth-order valence-corrected chi connectivity index (χ4v) is 1.07. The predicted molar refractivity (Wildman–Crippen MR) is 56.1 cm³/mol. The number of aliphatic carboxylic acids is 1. The number of nitrogens with one attached hydrogen (secondary N) is 1. The van der Waals surface area contributed by atoms with Crippen LogP contribution in [0.4, 0.5) is 13.2 Å². The first-order valence-electron chi connectivity index (χ1n) is 5.34. The van der Waals surface area contributed by atoms with Crippen LogP contribution in [-0.4, -0.2) is 41.3 Å². The van der Waals surface area contributed by atoms with E-state index < -0.39 is 49.0 Å². The van der Waals surface area contributed by atoms with Gasteiger partial charge in [0, 0.05) is 6.42 Å². The van der Waals surface area contributed by atoms with Gasteiger partial charge in [0.15, 0.2) is 0 Å². The number of rotatable bonds is 6. The van der Waals surface area contributed by atoms with Crippen LogP contribution in [0.2, 0.25) is 0 Å². The topological polar surface area (TPSA) is 92.7 Å².